The maximum Gasteiger partial charge on any atom is 0.337 e. The Morgan fingerprint density at radius 1 is 1.21 bits per heavy atom. The number of hydrogen-bond acceptors (Lipinski definition) is 6. The number of carbonyl (C=O) groups is 1. The number of likely N-dealkylation sites (tertiary alicyclic amines) is 1. The van der Waals surface area contributed by atoms with Gasteiger partial charge in [0.05, 0.1) is 18.4 Å². The third kappa shape index (κ3) is 4.40. The Labute approximate surface area is 169 Å². The standard InChI is InChI=1S/C22H23N3O2S/c1-27-22(26)17-9-7-16(8-10-17)21-24-20(15-28-21)14-25-12-11-19(13-25)23-18-5-3-2-4-6-18/h2-10,15,19,23H,11-14H2,1H3. The van der Waals surface area contributed by atoms with Gasteiger partial charge in [0.15, 0.2) is 0 Å². The molecule has 0 saturated carbocycles. The van der Waals surface area contributed by atoms with Crippen molar-refractivity contribution in [3.8, 4) is 10.6 Å². The minimum atomic E-state index is -0.320. The van der Waals surface area contributed by atoms with E-state index in [2.05, 4.69) is 39.9 Å². The Hall–Kier alpha value is -2.70. The molecular weight excluding hydrogens is 370 g/mol. The minimum Gasteiger partial charge on any atom is -0.465 e. The first-order valence-corrected chi connectivity index (χ1v) is 10.3. The number of carbonyl (C=O) groups excluding carboxylic acids is 1. The van der Waals surface area contributed by atoms with E-state index >= 15 is 0 Å². The van der Waals surface area contributed by atoms with E-state index in [0.717, 1.165) is 42.3 Å². The van der Waals surface area contributed by atoms with Crippen LogP contribution in [-0.4, -0.2) is 42.1 Å². The van der Waals surface area contributed by atoms with Crippen molar-refractivity contribution in [3.63, 3.8) is 0 Å². The number of nitrogens with zero attached hydrogens (tertiary/aromatic N) is 2. The summed E-state index contributed by atoms with van der Waals surface area (Å²) in [4.78, 5) is 18.8. The Morgan fingerprint density at radius 2 is 2.00 bits per heavy atom. The fourth-order valence-corrected chi connectivity index (χ4v) is 4.29. The van der Waals surface area contributed by atoms with E-state index in [4.69, 9.17) is 9.72 Å². The monoisotopic (exact) mass is 393 g/mol. The number of methoxy groups -OCH3 is 1. The number of thiazole rings is 1. The first-order chi connectivity index (χ1) is 13.7. The van der Waals surface area contributed by atoms with E-state index in [-0.39, 0.29) is 5.97 Å². The van der Waals surface area contributed by atoms with Crippen LogP contribution >= 0.6 is 11.3 Å². The first-order valence-electron chi connectivity index (χ1n) is 9.38. The molecule has 1 fully saturated rings. The summed E-state index contributed by atoms with van der Waals surface area (Å²) in [6.07, 6.45) is 1.14. The van der Waals surface area contributed by atoms with Crippen LogP contribution in [0.5, 0.6) is 0 Å². The lowest BCUT2D eigenvalue weighted by Crippen LogP contribution is -2.26. The van der Waals surface area contributed by atoms with Gasteiger partial charge in [0.2, 0.25) is 0 Å². The Balaban J connectivity index is 1.34. The fourth-order valence-electron chi connectivity index (χ4n) is 3.47. The van der Waals surface area contributed by atoms with Crippen LogP contribution in [0.4, 0.5) is 5.69 Å². The summed E-state index contributed by atoms with van der Waals surface area (Å²) < 4.78 is 4.74. The van der Waals surface area contributed by atoms with Crippen LogP contribution in [0.2, 0.25) is 0 Å². The number of para-hydroxylation sites is 1. The normalized spacial score (nSPS) is 16.8. The van der Waals surface area contributed by atoms with Crippen molar-refractivity contribution in [1.29, 1.82) is 0 Å². The lowest BCUT2D eigenvalue weighted by Gasteiger charge is -2.16. The van der Waals surface area contributed by atoms with Crippen molar-refractivity contribution in [2.75, 3.05) is 25.5 Å². The molecule has 1 saturated heterocycles. The molecule has 1 atom stereocenters. The largest absolute Gasteiger partial charge is 0.465 e. The molecule has 0 amide bonds. The molecule has 0 bridgehead atoms. The third-order valence-electron chi connectivity index (χ3n) is 4.91. The second kappa shape index (κ2) is 8.54. The van der Waals surface area contributed by atoms with Gasteiger partial charge < -0.3 is 10.1 Å². The zero-order valence-corrected chi connectivity index (χ0v) is 16.6. The number of benzene rings is 2. The molecule has 1 unspecified atom stereocenters. The highest BCUT2D eigenvalue weighted by molar-refractivity contribution is 7.13. The van der Waals surface area contributed by atoms with Crippen LogP contribution in [0.1, 0.15) is 22.5 Å². The molecule has 2 heterocycles. The van der Waals surface area contributed by atoms with Crippen LogP contribution < -0.4 is 5.32 Å². The van der Waals surface area contributed by atoms with Crippen LogP contribution in [0.3, 0.4) is 0 Å². The molecule has 0 radical (unpaired) electrons. The Kier molecular flexibility index (Phi) is 5.69. The lowest BCUT2D eigenvalue weighted by molar-refractivity contribution is 0.0601. The van der Waals surface area contributed by atoms with Crippen molar-refractivity contribution in [1.82, 2.24) is 9.88 Å². The molecule has 3 aromatic rings. The van der Waals surface area contributed by atoms with Gasteiger partial charge in [-0.2, -0.15) is 0 Å². The molecular formula is C22H23N3O2S. The summed E-state index contributed by atoms with van der Waals surface area (Å²) in [6, 6.07) is 18.3. The molecule has 4 rings (SSSR count). The number of aromatic nitrogens is 1. The fraction of sp³-hybridized carbons (Fsp3) is 0.273. The zero-order valence-electron chi connectivity index (χ0n) is 15.8. The van der Waals surface area contributed by atoms with E-state index in [0.29, 0.717) is 11.6 Å². The summed E-state index contributed by atoms with van der Waals surface area (Å²) in [7, 11) is 1.39. The number of esters is 1. The van der Waals surface area contributed by atoms with Gasteiger partial charge in [-0.15, -0.1) is 11.3 Å². The van der Waals surface area contributed by atoms with Gasteiger partial charge in [0.25, 0.3) is 0 Å². The van der Waals surface area contributed by atoms with Crippen molar-refractivity contribution in [3.05, 3.63) is 71.2 Å². The summed E-state index contributed by atoms with van der Waals surface area (Å²) in [6.45, 7) is 2.96. The summed E-state index contributed by atoms with van der Waals surface area (Å²) >= 11 is 1.64. The van der Waals surface area contributed by atoms with Gasteiger partial charge >= 0.3 is 5.97 Å². The smallest absolute Gasteiger partial charge is 0.337 e. The molecule has 144 valence electrons. The van der Waals surface area contributed by atoms with Gasteiger partial charge in [0, 0.05) is 42.3 Å². The maximum absolute atomic E-state index is 11.6. The number of hydrogen-bond donors (Lipinski definition) is 1. The summed E-state index contributed by atoms with van der Waals surface area (Å²) in [5.41, 5.74) is 3.85. The molecule has 0 spiro atoms. The number of nitrogens with one attached hydrogen (secondary N) is 1. The van der Waals surface area contributed by atoms with Crippen molar-refractivity contribution >= 4 is 23.0 Å². The first kappa shape index (κ1) is 18.7. The Bertz CT molecular complexity index is 924. The SMILES string of the molecule is COC(=O)c1ccc(-c2nc(CN3CCC(Nc4ccccc4)C3)cs2)cc1. The van der Waals surface area contributed by atoms with Gasteiger partial charge in [-0.05, 0) is 30.7 Å². The molecule has 1 aromatic heterocycles. The lowest BCUT2D eigenvalue weighted by atomic mass is 10.1. The quantitative estimate of drug-likeness (QED) is 0.634. The van der Waals surface area contributed by atoms with Gasteiger partial charge in [-0.1, -0.05) is 30.3 Å². The molecule has 6 heteroatoms. The minimum absolute atomic E-state index is 0.320. The van der Waals surface area contributed by atoms with Gasteiger partial charge in [-0.3, -0.25) is 4.90 Å². The van der Waals surface area contributed by atoms with Gasteiger partial charge in [-0.25, -0.2) is 9.78 Å². The van der Waals surface area contributed by atoms with E-state index in [9.17, 15) is 4.79 Å². The van der Waals surface area contributed by atoms with Crippen LogP contribution in [0.15, 0.2) is 60.0 Å². The average molecular weight is 394 g/mol. The van der Waals surface area contributed by atoms with Gasteiger partial charge in [0.1, 0.15) is 5.01 Å². The number of rotatable bonds is 6. The molecule has 1 aliphatic rings. The summed E-state index contributed by atoms with van der Waals surface area (Å²) in [5, 5.41) is 6.71. The van der Waals surface area contributed by atoms with Crippen LogP contribution in [0, 0.1) is 0 Å². The van der Waals surface area contributed by atoms with Crippen LogP contribution in [-0.2, 0) is 11.3 Å². The number of ether oxygens (including phenoxy) is 1. The highest BCUT2D eigenvalue weighted by Gasteiger charge is 2.23. The third-order valence-corrected chi connectivity index (χ3v) is 5.85. The molecule has 28 heavy (non-hydrogen) atoms. The molecule has 1 N–H and O–H groups in total. The van der Waals surface area contributed by atoms with Crippen molar-refractivity contribution < 1.29 is 9.53 Å². The van der Waals surface area contributed by atoms with E-state index in [1.54, 1.807) is 23.5 Å². The second-order valence-electron chi connectivity index (χ2n) is 6.94. The van der Waals surface area contributed by atoms with Crippen molar-refractivity contribution in [2.45, 2.75) is 19.0 Å². The summed E-state index contributed by atoms with van der Waals surface area (Å²) in [5.74, 6) is -0.320. The average Bonchev–Trinajstić information content (AvgIpc) is 3.38. The van der Waals surface area contributed by atoms with Crippen molar-refractivity contribution in [2.24, 2.45) is 0 Å². The highest BCUT2D eigenvalue weighted by Crippen LogP contribution is 2.26. The van der Waals surface area contributed by atoms with Crippen LogP contribution in [0.25, 0.3) is 10.6 Å². The molecule has 1 aliphatic heterocycles. The molecule has 0 aliphatic carbocycles. The zero-order chi connectivity index (χ0) is 19.3. The molecule has 5 nitrogen and oxygen atoms in total. The highest BCUT2D eigenvalue weighted by atomic mass is 32.1. The van der Waals surface area contributed by atoms with E-state index in [1.165, 1.54) is 12.8 Å². The number of anilines is 1. The van der Waals surface area contributed by atoms with E-state index in [1.807, 2.05) is 18.2 Å². The van der Waals surface area contributed by atoms with E-state index < -0.39 is 0 Å². The maximum atomic E-state index is 11.6. The Morgan fingerprint density at radius 3 is 2.75 bits per heavy atom. The molecule has 2 aromatic carbocycles. The predicted molar refractivity (Wildman–Crippen MR) is 113 cm³/mol. The second-order valence-corrected chi connectivity index (χ2v) is 7.80. The predicted octanol–water partition coefficient (Wildman–Crippen LogP) is 4.28. The topological polar surface area (TPSA) is 54.5 Å².